The van der Waals surface area contributed by atoms with E-state index in [2.05, 4.69) is 28.1 Å². The van der Waals surface area contributed by atoms with E-state index in [-0.39, 0.29) is 5.91 Å². The summed E-state index contributed by atoms with van der Waals surface area (Å²) in [5, 5.41) is 3.06. The van der Waals surface area contributed by atoms with Crippen molar-refractivity contribution in [1.82, 2.24) is 9.80 Å². The van der Waals surface area contributed by atoms with E-state index < -0.39 is 0 Å². The lowest BCUT2D eigenvalue weighted by atomic mass is 10.1. The lowest BCUT2D eigenvalue weighted by molar-refractivity contribution is -0.117. The van der Waals surface area contributed by atoms with Crippen molar-refractivity contribution in [3.8, 4) is 11.5 Å². The van der Waals surface area contributed by atoms with Gasteiger partial charge in [0, 0.05) is 44.0 Å². The third kappa shape index (κ3) is 5.71. The number of benzene rings is 2. The van der Waals surface area contributed by atoms with Crippen LogP contribution in [0, 0.1) is 0 Å². The molecule has 0 radical (unpaired) electrons. The summed E-state index contributed by atoms with van der Waals surface area (Å²) in [6, 6.07) is 13.9. The molecule has 1 aliphatic heterocycles. The Kier molecular flexibility index (Phi) is 7.49. The molecule has 29 heavy (non-hydrogen) atoms. The van der Waals surface area contributed by atoms with Gasteiger partial charge in [0.1, 0.15) is 11.5 Å². The molecule has 0 unspecified atom stereocenters. The maximum atomic E-state index is 12.5. The second kappa shape index (κ2) is 10.3. The molecule has 1 aliphatic rings. The molecule has 0 spiro atoms. The van der Waals surface area contributed by atoms with Crippen LogP contribution in [0.2, 0.25) is 0 Å². The largest absolute Gasteiger partial charge is 0.497 e. The zero-order valence-corrected chi connectivity index (χ0v) is 17.6. The van der Waals surface area contributed by atoms with Gasteiger partial charge < -0.3 is 14.8 Å². The van der Waals surface area contributed by atoms with Crippen molar-refractivity contribution in [2.45, 2.75) is 19.9 Å². The fourth-order valence-electron chi connectivity index (χ4n) is 3.70. The van der Waals surface area contributed by atoms with Crippen molar-refractivity contribution >= 4 is 11.6 Å². The van der Waals surface area contributed by atoms with Crippen molar-refractivity contribution in [2.24, 2.45) is 0 Å². The van der Waals surface area contributed by atoms with Crippen LogP contribution in [0.5, 0.6) is 11.5 Å². The number of methoxy groups -OCH3 is 2. The topological polar surface area (TPSA) is 54.0 Å². The van der Waals surface area contributed by atoms with Gasteiger partial charge in [-0.15, -0.1) is 0 Å². The maximum absolute atomic E-state index is 12.5. The van der Waals surface area contributed by atoms with E-state index in [1.807, 2.05) is 36.4 Å². The average Bonchev–Trinajstić information content (AvgIpc) is 2.75. The summed E-state index contributed by atoms with van der Waals surface area (Å²) in [5.41, 5.74) is 3.20. The van der Waals surface area contributed by atoms with E-state index in [1.165, 1.54) is 0 Å². The molecular formula is C23H31N3O3. The van der Waals surface area contributed by atoms with E-state index in [1.54, 1.807) is 14.2 Å². The molecule has 0 bridgehead atoms. The Morgan fingerprint density at radius 3 is 2.38 bits per heavy atom. The Morgan fingerprint density at radius 2 is 1.69 bits per heavy atom. The minimum atomic E-state index is 0.0498. The fraction of sp³-hybridized carbons (Fsp3) is 0.435. The molecule has 2 aromatic carbocycles. The quantitative estimate of drug-likeness (QED) is 0.742. The third-order valence-corrected chi connectivity index (χ3v) is 5.39. The number of aryl methyl sites for hydroxylation is 1. The predicted molar refractivity (Wildman–Crippen MR) is 116 cm³/mol. The molecule has 2 aromatic rings. The number of carbonyl (C=O) groups excluding carboxylic acids is 1. The number of para-hydroxylation sites is 1. The van der Waals surface area contributed by atoms with Crippen molar-refractivity contribution in [1.29, 1.82) is 0 Å². The first-order valence-electron chi connectivity index (χ1n) is 10.2. The molecule has 1 amide bonds. The van der Waals surface area contributed by atoms with E-state index in [0.717, 1.165) is 67.5 Å². The molecule has 3 rings (SSSR count). The molecular weight excluding hydrogens is 366 g/mol. The van der Waals surface area contributed by atoms with E-state index in [0.29, 0.717) is 6.54 Å². The fourth-order valence-corrected chi connectivity index (χ4v) is 3.70. The molecule has 1 heterocycles. The Morgan fingerprint density at radius 1 is 0.966 bits per heavy atom. The van der Waals surface area contributed by atoms with Crippen LogP contribution in [0.15, 0.2) is 42.5 Å². The van der Waals surface area contributed by atoms with Gasteiger partial charge in [-0.3, -0.25) is 14.6 Å². The van der Waals surface area contributed by atoms with Crippen LogP contribution in [0.4, 0.5) is 5.69 Å². The molecule has 1 saturated heterocycles. The highest BCUT2D eigenvalue weighted by Gasteiger charge is 2.20. The highest BCUT2D eigenvalue weighted by Crippen LogP contribution is 2.25. The highest BCUT2D eigenvalue weighted by atomic mass is 16.5. The Bertz CT molecular complexity index is 817. The van der Waals surface area contributed by atoms with Crippen LogP contribution < -0.4 is 14.8 Å². The van der Waals surface area contributed by atoms with Gasteiger partial charge in [0.05, 0.1) is 20.8 Å². The highest BCUT2D eigenvalue weighted by molar-refractivity contribution is 5.93. The number of piperazine rings is 1. The number of hydrogen-bond acceptors (Lipinski definition) is 5. The minimum absolute atomic E-state index is 0.0498. The summed E-state index contributed by atoms with van der Waals surface area (Å²) in [7, 11) is 3.37. The summed E-state index contributed by atoms with van der Waals surface area (Å²) in [6.45, 7) is 6.91. The molecule has 0 aliphatic carbocycles. The number of anilines is 1. The van der Waals surface area contributed by atoms with Crippen LogP contribution in [0.1, 0.15) is 18.1 Å². The van der Waals surface area contributed by atoms with Crippen LogP contribution >= 0.6 is 0 Å². The maximum Gasteiger partial charge on any atom is 0.238 e. The standard InChI is InChI=1S/C23H31N3O3/c1-4-18-7-5-6-8-21(18)24-23(27)17-26-13-11-25(12-14-26)16-19-15-20(28-2)9-10-22(19)29-3/h5-10,15H,4,11-14,16-17H2,1-3H3,(H,24,27). The SMILES string of the molecule is CCc1ccccc1NC(=O)CN1CCN(Cc2cc(OC)ccc2OC)CC1. The van der Waals surface area contributed by atoms with Gasteiger partial charge in [-0.25, -0.2) is 0 Å². The first-order chi connectivity index (χ1) is 14.1. The van der Waals surface area contributed by atoms with Gasteiger partial charge in [0.15, 0.2) is 0 Å². The third-order valence-electron chi connectivity index (χ3n) is 5.39. The summed E-state index contributed by atoms with van der Waals surface area (Å²) in [5.74, 6) is 1.76. The Labute approximate surface area is 173 Å². The van der Waals surface area contributed by atoms with Gasteiger partial charge in [-0.1, -0.05) is 25.1 Å². The lowest BCUT2D eigenvalue weighted by Gasteiger charge is -2.34. The summed E-state index contributed by atoms with van der Waals surface area (Å²) < 4.78 is 10.8. The second-order valence-corrected chi connectivity index (χ2v) is 7.29. The Balaban J connectivity index is 1.50. The summed E-state index contributed by atoms with van der Waals surface area (Å²) >= 11 is 0. The zero-order valence-electron chi connectivity index (χ0n) is 17.6. The molecule has 1 fully saturated rings. The number of carbonyl (C=O) groups is 1. The van der Waals surface area contributed by atoms with Gasteiger partial charge in [-0.05, 0) is 36.2 Å². The minimum Gasteiger partial charge on any atom is -0.497 e. The van der Waals surface area contributed by atoms with Crippen LogP contribution in [-0.4, -0.2) is 62.7 Å². The van der Waals surface area contributed by atoms with Crippen molar-refractivity contribution in [2.75, 3.05) is 52.3 Å². The first kappa shape index (κ1) is 21.1. The molecule has 0 aromatic heterocycles. The van der Waals surface area contributed by atoms with Gasteiger partial charge in [0.2, 0.25) is 5.91 Å². The zero-order chi connectivity index (χ0) is 20.6. The number of amides is 1. The number of nitrogens with zero attached hydrogens (tertiary/aromatic N) is 2. The monoisotopic (exact) mass is 397 g/mol. The number of nitrogens with one attached hydrogen (secondary N) is 1. The van der Waals surface area contributed by atoms with E-state index >= 15 is 0 Å². The second-order valence-electron chi connectivity index (χ2n) is 7.29. The number of ether oxygens (including phenoxy) is 2. The summed E-state index contributed by atoms with van der Waals surface area (Å²) in [6.07, 6.45) is 0.906. The smallest absolute Gasteiger partial charge is 0.238 e. The molecule has 156 valence electrons. The summed E-state index contributed by atoms with van der Waals surface area (Å²) in [4.78, 5) is 17.1. The van der Waals surface area contributed by atoms with Gasteiger partial charge in [-0.2, -0.15) is 0 Å². The normalized spacial score (nSPS) is 15.1. The van der Waals surface area contributed by atoms with Gasteiger partial charge >= 0.3 is 0 Å². The molecule has 1 N–H and O–H groups in total. The Hall–Kier alpha value is -2.57. The first-order valence-corrected chi connectivity index (χ1v) is 10.2. The molecule has 0 atom stereocenters. The van der Waals surface area contributed by atoms with E-state index in [4.69, 9.17) is 9.47 Å². The number of rotatable bonds is 8. The molecule has 6 heteroatoms. The lowest BCUT2D eigenvalue weighted by Crippen LogP contribution is -2.48. The average molecular weight is 398 g/mol. The number of hydrogen-bond donors (Lipinski definition) is 1. The molecule has 6 nitrogen and oxygen atoms in total. The molecule has 0 saturated carbocycles. The van der Waals surface area contributed by atoms with Crippen LogP contribution in [0.3, 0.4) is 0 Å². The van der Waals surface area contributed by atoms with Crippen molar-refractivity contribution in [3.63, 3.8) is 0 Å². The van der Waals surface area contributed by atoms with Crippen LogP contribution in [0.25, 0.3) is 0 Å². The van der Waals surface area contributed by atoms with Crippen LogP contribution in [-0.2, 0) is 17.8 Å². The van der Waals surface area contributed by atoms with Gasteiger partial charge in [0.25, 0.3) is 0 Å². The van der Waals surface area contributed by atoms with Crippen molar-refractivity contribution in [3.05, 3.63) is 53.6 Å². The predicted octanol–water partition coefficient (Wildman–Crippen LogP) is 3.02. The van der Waals surface area contributed by atoms with Crippen molar-refractivity contribution < 1.29 is 14.3 Å². The van der Waals surface area contributed by atoms with E-state index in [9.17, 15) is 4.79 Å².